The third kappa shape index (κ3) is 4.33. The molecule has 3 amide bonds. The van der Waals surface area contributed by atoms with Crippen molar-refractivity contribution in [1.82, 2.24) is 4.90 Å². The number of hydrogen-bond donors (Lipinski definition) is 1. The summed E-state index contributed by atoms with van der Waals surface area (Å²) in [7, 11) is 0. The summed E-state index contributed by atoms with van der Waals surface area (Å²) in [6.07, 6.45) is 2.29. The van der Waals surface area contributed by atoms with Crippen molar-refractivity contribution in [3.63, 3.8) is 0 Å². The second kappa shape index (κ2) is 8.63. The number of carbonyl (C=O) groups excluding carboxylic acids is 2. The predicted octanol–water partition coefficient (Wildman–Crippen LogP) is 5.33. The Labute approximate surface area is 180 Å². The van der Waals surface area contributed by atoms with E-state index >= 15 is 0 Å². The Kier molecular flexibility index (Phi) is 5.77. The van der Waals surface area contributed by atoms with Crippen LogP contribution in [0.1, 0.15) is 28.1 Å². The molecule has 6 nitrogen and oxygen atoms in total. The quantitative estimate of drug-likeness (QED) is 0.603. The van der Waals surface area contributed by atoms with Crippen molar-refractivity contribution in [2.24, 2.45) is 0 Å². The monoisotopic (exact) mass is 423 g/mol. The molecule has 0 unspecified atom stereocenters. The number of urea groups is 1. The van der Waals surface area contributed by atoms with E-state index < -0.39 is 0 Å². The second-order valence-electron chi connectivity index (χ2n) is 7.29. The van der Waals surface area contributed by atoms with E-state index in [0.29, 0.717) is 36.0 Å². The highest BCUT2D eigenvalue weighted by molar-refractivity contribution is 6.30. The first-order chi connectivity index (χ1) is 14.5. The molecule has 0 atom stereocenters. The lowest BCUT2D eigenvalue weighted by atomic mass is 10.1. The van der Waals surface area contributed by atoms with Gasteiger partial charge in [-0.2, -0.15) is 0 Å². The summed E-state index contributed by atoms with van der Waals surface area (Å²) in [5.74, 6) is -0.133. The largest absolute Gasteiger partial charge is 0.459 e. The van der Waals surface area contributed by atoms with Crippen LogP contribution in [0.15, 0.2) is 65.3 Å². The number of anilines is 2. The Hall–Kier alpha value is -3.25. The van der Waals surface area contributed by atoms with E-state index in [1.807, 2.05) is 54.3 Å². The van der Waals surface area contributed by atoms with Gasteiger partial charge < -0.3 is 14.6 Å². The molecule has 1 N–H and O–H groups in total. The lowest BCUT2D eigenvalue weighted by molar-refractivity contribution is 0.0996. The number of amides is 3. The molecule has 0 spiro atoms. The summed E-state index contributed by atoms with van der Waals surface area (Å²) in [6.45, 7) is 3.71. The maximum Gasteiger partial charge on any atom is 0.324 e. The van der Waals surface area contributed by atoms with Gasteiger partial charge in [0.2, 0.25) is 0 Å². The molecular weight excluding hydrogens is 402 g/mol. The third-order valence-electron chi connectivity index (χ3n) is 5.03. The zero-order valence-corrected chi connectivity index (χ0v) is 17.4. The summed E-state index contributed by atoms with van der Waals surface area (Å²) in [4.78, 5) is 29.3. The van der Waals surface area contributed by atoms with Crippen molar-refractivity contribution in [2.45, 2.75) is 19.9 Å². The number of halogens is 1. The van der Waals surface area contributed by atoms with Crippen LogP contribution < -0.4 is 10.2 Å². The molecule has 2 heterocycles. The molecule has 1 aliphatic rings. The van der Waals surface area contributed by atoms with Crippen molar-refractivity contribution < 1.29 is 14.0 Å². The van der Waals surface area contributed by atoms with E-state index in [0.717, 1.165) is 17.5 Å². The summed E-state index contributed by atoms with van der Waals surface area (Å²) in [5, 5.41) is 3.55. The van der Waals surface area contributed by atoms with Gasteiger partial charge in [0.05, 0.1) is 17.6 Å². The number of furan rings is 1. The highest BCUT2D eigenvalue weighted by atomic mass is 35.5. The molecule has 0 saturated carbocycles. The average molecular weight is 424 g/mol. The van der Waals surface area contributed by atoms with E-state index in [9.17, 15) is 9.59 Å². The first-order valence-electron chi connectivity index (χ1n) is 9.77. The zero-order chi connectivity index (χ0) is 21.1. The number of nitrogens with one attached hydrogen (secondary N) is 1. The summed E-state index contributed by atoms with van der Waals surface area (Å²) >= 11 is 5.97. The van der Waals surface area contributed by atoms with Gasteiger partial charge in [-0.3, -0.25) is 9.69 Å². The minimum Gasteiger partial charge on any atom is -0.459 e. The molecule has 0 bridgehead atoms. The molecule has 1 aliphatic heterocycles. The first-order valence-corrected chi connectivity index (χ1v) is 10.2. The van der Waals surface area contributed by atoms with Gasteiger partial charge in [-0.05, 0) is 60.9 Å². The summed E-state index contributed by atoms with van der Waals surface area (Å²) in [5.41, 5.74) is 3.25. The van der Waals surface area contributed by atoms with E-state index in [1.165, 1.54) is 6.26 Å². The van der Waals surface area contributed by atoms with Gasteiger partial charge in [0.15, 0.2) is 5.76 Å². The molecule has 7 heteroatoms. The van der Waals surface area contributed by atoms with Gasteiger partial charge in [0.1, 0.15) is 0 Å². The van der Waals surface area contributed by atoms with Crippen molar-refractivity contribution in [3.05, 3.63) is 82.8 Å². The lowest BCUT2D eigenvalue weighted by Crippen LogP contribution is -2.49. The lowest BCUT2D eigenvalue weighted by Gasteiger charge is -2.36. The van der Waals surface area contributed by atoms with Gasteiger partial charge in [0, 0.05) is 24.7 Å². The highest BCUT2D eigenvalue weighted by Gasteiger charge is 2.29. The van der Waals surface area contributed by atoms with Crippen LogP contribution in [-0.4, -0.2) is 29.9 Å². The summed E-state index contributed by atoms with van der Waals surface area (Å²) in [6, 6.07) is 16.3. The molecule has 1 fully saturated rings. The van der Waals surface area contributed by atoms with Crippen molar-refractivity contribution in [2.75, 3.05) is 23.3 Å². The summed E-state index contributed by atoms with van der Waals surface area (Å²) < 4.78 is 5.19. The fourth-order valence-corrected chi connectivity index (χ4v) is 3.67. The molecule has 0 aliphatic carbocycles. The van der Waals surface area contributed by atoms with Crippen LogP contribution in [-0.2, 0) is 6.54 Å². The predicted molar refractivity (Wildman–Crippen MR) is 117 cm³/mol. The van der Waals surface area contributed by atoms with Gasteiger partial charge in [0.25, 0.3) is 5.91 Å². The van der Waals surface area contributed by atoms with E-state index in [-0.39, 0.29) is 17.7 Å². The van der Waals surface area contributed by atoms with Crippen molar-refractivity contribution in [1.29, 1.82) is 0 Å². The Morgan fingerprint density at radius 2 is 1.93 bits per heavy atom. The molecule has 3 aromatic rings. The minimum atomic E-state index is -0.352. The number of aryl methyl sites for hydroxylation is 1. The van der Waals surface area contributed by atoms with Crippen molar-refractivity contribution in [3.8, 4) is 0 Å². The molecule has 4 rings (SSSR count). The number of nitrogens with zero attached hydrogens (tertiary/aromatic N) is 2. The minimum absolute atomic E-state index is 0.0893. The van der Waals surface area contributed by atoms with Crippen LogP contribution in [0.5, 0.6) is 0 Å². The topological polar surface area (TPSA) is 65.8 Å². The van der Waals surface area contributed by atoms with Crippen LogP contribution in [0, 0.1) is 6.92 Å². The van der Waals surface area contributed by atoms with E-state index in [2.05, 4.69) is 5.32 Å². The fraction of sp³-hybridized carbons (Fsp3) is 0.217. The SMILES string of the molecule is Cc1ccc(N2CCCN(Cc3ccc(Cl)cc3)C2=O)c(NC(=O)c2ccco2)c1. The number of carbonyl (C=O) groups is 2. The van der Waals surface area contributed by atoms with Gasteiger partial charge >= 0.3 is 6.03 Å². The molecule has 1 aromatic heterocycles. The smallest absolute Gasteiger partial charge is 0.324 e. The van der Waals surface area contributed by atoms with Crippen LogP contribution in [0.25, 0.3) is 0 Å². The van der Waals surface area contributed by atoms with E-state index in [4.69, 9.17) is 16.0 Å². The van der Waals surface area contributed by atoms with Gasteiger partial charge in [-0.1, -0.05) is 29.8 Å². The Morgan fingerprint density at radius 1 is 1.13 bits per heavy atom. The molecule has 30 heavy (non-hydrogen) atoms. The standard InChI is InChI=1S/C23H22ClN3O3/c1-16-5-10-20(19(14-16)25-22(28)21-4-2-13-30-21)27-12-3-11-26(23(27)29)15-17-6-8-18(24)9-7-17/h2,4-10,13-14H,3,11-12,15H2,1H3,(H,25,28). The zero-order valence-electron chi connectivity index (χ0n) is 16.6. The normalized spacial score (nSPS) is 14.1. The average Bonchev–Trinajstić information content (AvgIpc) is 3.27. The Balaban J connectivity index is 1.57. The first kappa shape index (κ1) is 20.0. The van der Waals surface area contributed by atoms with Gasteiger partial charge in [-0.15, -0.1) is 0 Å². The number of rotatable bonds is 5. The maximum atomic E-state index is 13.2. The molecule has 0 radical (unpaired) electrons. The molecule has 2 aromatic carbocycles. The third-order valence-corrected chi connectivity index (χ3v) is 5.29. The molecule has 154 valence electrons. The fourth-order valence-electron chi connectivity index (χ4n) is 3.54. The molecular formula is C23H22ClN3O3. The van der Waals surface area contributed by atoms with Crippen LogP contribution in [0.2, 0.25) is 5.02 Å². The van der Waals surface area contributed by atoms with E-state index in [1.54, 1.807) is 17.0 Å². The molecule has 1 saturated heterocycles. The van der Waals surface area contributed by atoms with Crippen molar-refractivity contribution >= 4 is 34.9 Å². The number of benzene rings is 2. The van der Waals surface area contributed by atoms with Crippen LogP contribution >= 0.6 is 11.6 Å². The Bertz CT molecular complexity index is 1050. The van der Waals surface area contributed by atoms with Crippen LogP contribution in [0.4, 0.5) is 16.2 Å². The van der Waals surface area contributed by atoms with Crippen LogP contribution in [0.3, 0.4) is 0 Å². The van der Waals surface area contributed by atoms with Gasteiger partial charge in [-0.25, -0.2) is 4.79 Å². The Morgan fingerprint density at radius 3 is 2.67 bits per heavy atom. The second-order valence-corrected chi connectivity index (χ2v) is 7.72. The highest BCUT2D eigenvalue weighted by Crippen LogP contribution is 2.31. The number of hydrogen-bond acceptors (Lipinski definition) is 3. The maximum absolute atomic E-state index is 13.2.